The van der Waals surface area contributed by atoms with Crippen molar-refractivity contribution in [2.75, 3.05) is 7.11 Å². The van der Waals surface area contributed by atoms with Crippen LogP contribution >= 0.6 is 0 Å². The molecule has 0 saturated carbocycles. The number of benzene rings is 2. The van der Waals surface area contributed by atoms with Crippen molar-refractivity contribution in [2.24, 2.45) is 10.2 Å². The number of hydrogen-bond acceptors (Lipinski definition) is 4. The molecule has 3 aromatic rings. The van der Waals surface area contributed by atoms with E-state index in [1.54, 1.807) is 7.11 Å². The number of rotatable bonds is 4. The van der Waals surface area contributed by atoms with Gasteiger partial charge >= 0.3 is 0 Å². The van der Waals surface area contributed by atoms with Gasteiger partial charge in [0.15, 0.2) is 0 Å². The van der Waals surface area contributed by atoms with Gasteiger partial charge in [0.1, 0.15) is 11.4 Å². The summed E-state index contributed by atoms with van der Waals surface area (Å²) in [5, 5.41) is 13.2. The minimum absolute atomic E-state index is 0.796. The van der Waals surface area contributed by atoms with Gasteiger partial charge in [-0.3, -0.25) is 0 Å². The van der Waals surface area contributed by atoms with Crippen LogP contribution in [0.25, 0.3) is 5.69 Å². The predicted molar refractivity (Wildman–Crippen MR) is 90.2 cm³/mol. The smallest absolute Gasteiger partial charge is 0.130 e. The van der Waals surface area contributed by atoms with Gasteiger partial charge in [0.2, 0.25) is 0 Å². The topological polar surface area (TPSA) is 51.8 Å². The lowest BCUT2D eigenvalue weighted by atomic mass is 10.3. The lowest BCUT2D eigenvalue weighted by Crippen LogP contribution is -1.98. The summed E-state index contributed by atoms with van der Waals surface area (Å²) in [6.07, 6.45) is 0. The summed E-state index contributed by atoms with van der Waals surface area (Å²) in [6, 6.07) is 17.4. The third-order valence-corrected chi connectivity index (χ3v) is 3.59. The second-order valence-electron chi connectivity index (χ2n) is 5.16. The zero-order valence-electron chi connectivity index (χ0n) is 13.4. The van der Waals surface area contributed by atoms with Crippen LogP contribution in [0.2, 0.25) is 0 Å². The first-order valence-electron chi connectivity index (χ1n) is 7.36. The SMILES string of the molecule is COc1ccc(-n2nc(C)c(N=Nc3ccccc3)c2C)cc1. The van der Waals surface area contributed by atoms with Crippen LogP contribution in [0.4, 0.5) is 11.4 Å². The second-order valence-corrected chi connectivity index (χ2v) is 5.16. The maximum Gasteiger partial charge on any atom is 0.130 e. The highest BCUT2D eigenvalue weighted by Crippen LogP contribution is 2.28. The molecule has 1 heterocycles. The van der Waals surface area contributed by atoms with E-state index in [1.165, 1.54) is 0 Å². The van der Waals surface area contributed by atoms with Crippen molar-refractivity contribution in [3.8, 4) is 11.4 Å². The zero-order chi connectivity index (χ0) is 16.2. The van der Waals surface area contributed by atoms with E-state index in [4.69, 9.17) is 4.74 Å². The third-order valence-electron chi connectivity index (χ3n) is 3.59. The van der Waals surface area contributed by atoms with Gasteiger partial charge in [-0.1, -0.05) is 18.2 Å². The van der Waals surface area contributed by atoms with E-state index >= 15 is 0 Å². The second kappa shape index (κ2) is 6.44. The van der Waals surface area contributed by atoms with Gasteiger partial charge in [0.25, 0.3) is 0 Å². The minimum Gasteiger partial charge on any atom is -0.497 e. The highest BCUT2D eigenvalue weighted by molar-refractivity contribution is 5.51. The van der Waals surface area contributed by atoms with Gasteiger partial charge < -0.3 is 4.74 Å². The Morgan fingerprint density at radius 3 is 2.26 bits per heavy atom. The number of aryl methyl sites for hydroxylation is 1. The first-order valence-corrected chi connectivity index (χ1v) is 7.36. The Bertz CT molecular complexity index is 820. The van der Waals surface area contributed by atoms with Crippen molar-refractivity contribution in [2.45, 2.75) is 13.8 Å². The fourth-order valence-corrected chi connectivity index (χ4v) is 2.36. The largest absolute Gasteiger partial charge is 0.497 e. The molecule has 0 fully saturated rings. The van der Waals surface area contributed by atoms with Crippen molar-refractivity contribution in [3.63, 3.8) is 0 Å². The van der Waals surface area contributed by atoms with Crippen LogP contribution in [0.1, 0.15) is 11.4 Å². The van der Waals surface area contributed by atoms with Crippen molar-refractivity contribution in [1.82, 2.24) is 9.78 Å². The van der Waals surface area contributed by atoms with Crippen molar-refractivity contribution < 1.29 is 4.74 Å². The molecule has 0 aliphatic heterocycles. The highest BCUT2D eigenvalue weighted by atomic mass is 16.5. The number of methoxy groups -OCH3 is 1. The summed E-state index contributed by atoms with van der Waals surface area (Å²) in [6.45, 7) is 3.93. The van der Waals surface area contributed by atoms with Gasteiger partial charge in [-0.2, -0.15) is 10.2 Å². The molecule has 5 heteroatoms. The van der Waals surface area contributed by atoms with E-state index in [1.807, 2.05) is 73.1 Å². The molecule has 0 spiro atoms. The monoisotopic (exact) mass is 306 g/mol. The fourth-order valence-electron chi connectivity index (χ4n) is 2.36. The van der Waals surface area contributed by atoms with Crippen LogP contribution in [0, 0.1) is 13.8 Å². The maximum atomic E-state index is 5.19. The molecule has 116 valence electrons. The lowest BCUT2D eigenvalue weighted by molar-refractivity contribution is 0.414. The van der Waals surface area contributed by atoms with Crippen molar-refractivity contribution >= 4 is 11.4 Å². The summed E-state index contributed by atoms with van der Waals surface area (Å²) in [7, 11) is 1.65. The lowest BCUT2D eigenvalue weighted by Gasteiger charge is -2.05. The van der Waals surface area contributed by atoms with Gasteiger partial charge in [-0.25, -0.2) is 4.68 Å². The summed E-state index contributed by atoms with van der Waals surface area (Å²) in [5.74, 6) is 0.819. The molecule has 0 radical (unpaired) electrons. The van der Waals surface area contributed by atoms with E-state index < -0.39 is 0 Å². The Kier molecular flexibility index (Phi) is 4.19. The fraction of sp³-hybridized carbons (Fsp3) is 0.167. The van der Waals surface area contributed by atoms with E-state index in [0.717, 1.165) is 34.2 Å². The highest BCUT2D eigenvalue weighted by Gasteiger charge is 2.12. The van der Waals surface area contributed by atoms with E-state index in [9.17, 15) is 0 Å². The Labute approximate surface area is 135 Å². The first kappa shape index (κ1) is 15.0. The molecule has 0 aliphatic carbocycles. The molecule has 0 saturated heterocycles. The van der Waals surface area contributed by atoms with Crippen molar-refractivity contribution in [3.05, 3.63) is 66.0 Å². The molecule has 1 aromatic heterocycles. The summed E-state index contributed by atoms with van der Waals surface area (Å²) < 4.78 is 7.06. The number of hydrogen-bond donors (Lipinski definition) is 0. The molecular weight excluding hydrogens is 288 g/mol. The van der Waals surface area contributed by atoms with Gasteiger partial charge in [-0.15, -0.1) is 5.11 Å². The Hall–Kier alpha value is -2.95. The van der Waals surface area contributed by atoms with Crippen LogP contribution in [-0.2, 0) is 0 Å². The molecular formula is C18H18N4O. The summed E-state index contributed by atoms with van der Waals surface area (Å²) in [4.78, 5) is 0. The molecule has 3 rings (SSSR count). The van der Waals surface area contributed by atoms with E-state index in [0.29, 0.717) is 0 Å². The standard InChI is InChI=1S/C18H18N4O/c1-13-18(20-19-15-7-5-4-6-8-15)14(2)22(21-13)16-9-11-17(23-3)12-10-16/h4-12H,1-3H3. The van der Waals surface area contributed by atoms with E-state index in [2.05, 4.69) is 15.3 Å². The molecule has 0 N–H and O–H groups in total. The summed E-state index contributed by atoms with van der Waals surface area (Å²) in [5.41, 5.74) is 4.38. The molecule has 0 bridgehead atoms. The normalized spacial score (nSPS) is 11.1. The van der Waals surface area contributed by atoms with E-state index in [-0.39, 0.29) is 0 Å². The molecule has 0 aliphatic rings. The molecule has 2 aromatic carbocycles. The quantitative estimate of drug-likeness (QED) is 0.643. The average molecular weight is 306 g/mol. The number of ether oxygens (including phenoxy) is 1. The van der Waals surface area contributed by atoms with Crippen LogP contribution < -0.4 is 4.74 Å². The molecule has 0 atom stereocenters. The minimum atomic E-state index is 0.796. The Morgan fingerprint density at radius 2 is 1.61 bits per heavy atom. The van der Waals surface area contributed by atoms with Crippen LogP contribution in [-0.4, -0.2) is 16.9 Å². The predicted octanol–water partition coefficient (Wildman–Crippen LogP) is 4.91. The number of nitrogens with zero attached hydrogens (tertiary/aromatic N) is 4. The molecule has 0 amide bonds. The van der Waals surface area contributed by atoms with Gasteiger partial charge in [0.05, 0.1) is 29.9 Å². The van der Waals surface area contributed by atoms with Crippen LogP contribution in [0.5, 0.6) is 5.75 Å². The van der Waals surface area contributed by atoms with Gasteiger partial charge in [0, 0.05) is 0 Å². The Balaban J connectivity index is 1.94. The van der Waals surface area contributed by atoms with Crippen LogP contribution in [0.3, 0.4) is 0 Å². The first-order chi connectivity index (χ1) is 11.2. The molecule has 0 unspecified atom stereocenters. The average Bonchev–Trinajstić information content (AvgIpc) is 2.88. The van der Waals surface area contributed by atoms with Gasteiger partial charge in [-0.05, 0) is 50.2 Å². The third kappa shape index (κ3) is 3.13. The number of aromatic nitrogens is 2. The van der Waals surface area contributed by atoms with Crippen LogP contribution in [0.15, 0.2) is 64.8 Å². The number of azo groups is 1. The molecule has 23 heavy (non-hydrogen) atoms. The Morgan fingerprint density at radius 1 is 0.913 bits per heavy atom. The van der Waals surface area contributed by atoms with Crippen molar-refractivity contribution in [1.29, 1.82) is 0 Å². The molecule has 5 nitrogen and oxygen atoms in total. The maximum absolute atomic E-state index is 5.19. The summed E-state index contributed by atoms with van der Waals surface area (Å²) >= 11 is 0. The zero-order valence-corrected chi connectivity index (χ0v) is 13.4.